The smallest absolute Gasteiger partial charge is 0.0697 e. The molecule has 3 unspecified atom stereocenters. The molecule has 0 amide bonds. The van der Waals surface area contributed by atoms with Gasteiger partial charge in [-0.1, -0.05) is 6.42 Å². The number of hydrogen-bond donors (Lipinski definition) is 1. The molecule has 114 valence electrons. The summed E-state index contributed by atoms with van der Waals surface area (Å²) >= 11 is 0. The van der Waals surface area contributed by atoms with E-state index in [1.807, 2.05) is 0 Å². The van der Waals surface area contributed by atoms with E-state index in [2.05, 4.69) is 10.2 Å². The van der Waals surface area contributed by atoms with E-state index < -0.39 is 0 Å². The van der Waals surface area contributed by atoms with Gasteiger partial charge in [0.1, 0.15) is 0 Å². The molecule has 0 radical (unpaired) electrons. The van der Waals surface area contributed by atoms with Crippen LogP contribution in [0.25, 0.3) is 0 Å². The van der Waals surface area contributed by atoms with E-state index in [0.717, 1.165) is 24.7 Å². The Hall–Kier alpha value is -0.120. The summed E-state index contributed by atoms with van der Waals surface area (Å²) in [5.41, 5.74) is 0.300. The summed E-state index contributed by atoms with van der Waals surface area (Å²) in [4.78, 5) is 2.90. The molecule has 4 fully saturated rings. The van der Waals surface area contributed by atoms with Crippen LogP contribution in [0.3, 0.4) is 0 Å². The predicted molar refractivity (Wildman–Crippen MR) is 80.9 cm³/mol. The highest BCUT2D eigenvalue weighted by atomic mass is 16.5. The second-order valence-corrected chi connectivity index (χ2v) is 7.54. The zero-order chi connectivity index (χ0) is 13.4. The highest BCUT2D eigenvalue weighted by molar-refractivity contribution is 5.00. The molecule has 0 aromatic rings. The normalized spacial score (nSPS) is 41.7. The van der Waals surface area contributed by atoms with Crippen molar-refractivity contribution in [2.24, 2.45) is 0 Å². The third kappa shape index (κ3) is 2.42. The van der Waals surface area contributed by atoms with Gasteiger partial charge in [-0.25, -0.2) is 0 Å². The quantitative estimate of drug-likeness (QED) is 0.840. The van der Waals surface area contributed by atoms with Crippen molar-refractivity contribution in [2.45, 2.75) is 87.9 Å². The van der Waals surface area contributed by atoms with Gasteiger partial charge in [-0.05, 0) is 70.9 Å². The van der Waals surface area contributed by atoms with E-state index >= 15 is 0 Å². The summed E-state index contributed by atoms with van der Waals surface area (Å²) in [6, 6.07) is 2.39. The summed E-state index contributed by atoms with van der Waals surface area (Å²) in [7, 11) is 0. The summed E-state index contributed by atoms with van der Waals surface area (Å²) in [6.07, 6.45) is 13.7. The first-order valence-corrected chi connectivity index (χ1v) is 8.99. The van der Waals surface area contributed by atoms with Crippen LogP contribution in [-0.4, -0.2) is 48.3 Å². The predicted octanol–water partition coefficient (Wildman–Crippen LogP) is 2.69. The molecule has 3 nitrogen and oxygen atoms in total. The van der Waals surface area contributed by atoms with Crippen LogP contribution in [0.15, 0.2) is 0 Å². The summed E-state index contributed by atoms with van der Waals surface area (Å²) in [5.74, 6) is 0. The van der Waals surface area contributed by atoms with Crippen molar-refractivity contribution in [1.29, 1.82) is 0 Å². The zero-order valence-electron chi connectivity index (χ0n) is 12.8. The number of likely N-dealkylation sites (tertiary alicyclic amines) is 1. The van der Waals surface area contributed by atoms with Crippen molar-refractivity contribution in [1.82, 2.24) is 10.2 Å². The second kappa shape index (κ2) is 5.58. The van der Waals surface area contributed by atoms with E-state index in [1.165, 1.54) is 77.3 Å². The van der Waals surface area contributed by atoms with Gasteiger partial charge in [-0.2, -0.15) is 0 Å². The lowest BCUT2D eigenvalue weighted by Gasteiger charge is -2.52. The minimum Gasteiger partial charge on any atom is -0.375 e. The van der Waals surface area contributed by atoms with Crippen molar-refractivity contribution in [2.75, 3.05) is 19.7 Å². The molecule has 1 spiro atoms. The standard InChI is InChI=1S/C17H30N2O/c1-2-11-19(16(6-1)15-5-3-10-18-15)14-7-12-20-17(13-14)8-4-9-17/h14-16,18H,1-13H2. The number of rotatable bonds is 2. The average Bonchev–Trinajstić information content (AvgIpc) is 3.00. The fraction of sp³-hybridized carbons (Fsp3) is 1.00. The van der Waals surface area contributed by atoms with Crippen molar-refractivity contribution in [3.8, 4) is 0 Å². The minimum absolute atomic E-state index is 0.300. The lowest BCUT2D eigenvalue weighted by molar-refractivity contribution is -0.154. The molecule has 4 aliphatic rings. The summed E-state index contributed by atoms with van der Waals surface area (Å²) in [6.45, 7) is 3.59. The number of ether oxygens (including phenoxy) is 1. The van der Waals surface area contributed by atoms with Crippen molar-refractivity contribution < 1.29 is 4.74 Å². The Morgan fingerprint density at radius 1 is 1.00 bits per heavy atom. The largest absolute Gasteiger partial charge is 0.375 e. The van der Waals surface area contributed by atoms with E-state index in [-0.39, 0.29) is 0 Å². The monoisotopic (exact) mass is 278 g/mol. The van der Waals surface area contributed by atoms with Crippen molar-refractivity contribution >= 4 is 0 Å². The topological polar surface area (TPSA) is 24.5 Å². The molecular weight excluding hydrogens is 248 g/mol. The van der Waals surface area contributed by atoms with Gasteiger partial charge in [0.2, 0.25) is 0 Å². The molecular formula is C17H30N2O. The molecule has 1 saturated carbocycles. The van der Waals surface area contributed by atoms with Gasteiger partial charge in [-0.15, -0.1) is 0 Å². The Morgan fingerprint density at radius 3 is 2.70 bits per heavy atom. The molecule has 3 heterocycles. The molecule has 0 aromatic heterocycles. The van der Waals surface area contributed by atoms with Gasteiger partial charge < -0.3 is 10.1 Å². The second-order valence-electron chi connectivity index (χ2n) is 7.54. The number of hydrogen-bond acceptors (Lipinski definition) is 3. The van der Waals surface area contributed by atoms with Crippen LogP contribution in [0.2, 0.25) is 0 Å². The third-order valence-electron chi connectivity index (χ3n) is 6.36. The van der Waals surface area contributed by atoms with Gasteiger partial charge in [0, 0.05) is 24.7 Å². The Bertz CT molecular complexity index is 336. The highest BCUT2D eigenvalue weighted by Gasteiger charge is 2.46. The molecule has 3 aliphatic heterocycles. The molecule has 0 aromatic carbocycles. The van der Waals surface area contributed by atoms with Gasteiger partial charge >= 0.3 is 0 Å². The first kappa shape index (κ1) is 13.5. The van der Waals surface area contributed by atoms with E-state index in [4.69, 9.17) is 4.74 Å². The van der Waals surface area contributed by atoms with Crippen LogP contribution in [0.5, 0.6) is 0 Å². The Balaban J connectivity index is 1.46. The highest BCUT2D eigenvalue weighted by Crippen LogP contribution is 2.44. The molecule has 1 aliphatic carbocycles. The molecule has 0 bridgehead atoms. The summed E-state index contributed by atoms with van der Waals surface area (Å²) < 4.78 is 6.14. The van der Waals surface area contributed by atoms with Crippen LogP contribution in [0, 0.1) is 0 Å². The lowest BCUT2D eigenvalue weighted by Crippen LogP contribution is -2.59. The maximum absolute atomic E-state index is 6.14. The fourth-order valence-electron chi connectivity index (χ4n) is 5.11. The van der Waals surface area contributed by atoms with Crippen LogP contribution in [0.4, 0.5) is 0 Å². The van der Waals surface area contributed by atoms with Crippen molar-refractivity contribution in [3.63, 3.8) is 0 Å². The Morgan fingerprint density at radius 2 is 1.95 bits per heavy atom. The maximum Gasteiger partial charge on any atom is 0.0697 e. The van der Waals surface area contributed by atoms with Crippen LogP contribution in [-0.2, 0) is 4.74 Å². The Labute approximate surface area is 123 Å². The van der Waals surface area contributed by atoms with Crippen LogP contribution < -0.4 is 5.32 Å². The zero-order valence-corrected chi connectivity index (χ0v) is 12.8. The van der Waals surface area contributed by atoms with E-state index in [1.54, 1.807) is 0 Å². The average molecular weight is 278 g/mol. The van der Waals surface area contributed by atoms with Crippen LogP contribution in [0.1, 0.15) is 64.2 Å². The number of piperidine rings is 1. The molecule has 3 saturated heterocycles. The number of nitrogens with one attached hydrogen (secondary N) is 1. The maximum atomic E-state index is 6.14. The van der Waals surface area contributed by atoms with E-state index in [0.29, 0.717) is 5.60 Å². The molecule has 1 N–H and O–H groups in total. The Kier molecular flexibility index (Phi) is 3.78. The molecule has 4 rings (SSSR count). The lowest BCUT2D eigenvalue weighted by atomic mass is 9.73. The van der Waals surface area contributed by atoms with Gasteiger partial charge in [0.15, 0.2) is 0 Å². The van der Waals surface area contributed by atoms with Gasteiger partial charge in [0.05, 0.1) is 5.60 Å². The minimum atomic E-state index is 0.300. The van der Waals surface area contributed by atoms with E-state index in [9.17, 15) is 0 Å². The fourth-order valence-corrected chi connectivity index (χ4v) is 5.11. The molecule has 3 heteroatoms. The molecule has 20 heavy (non-hydrogen) atoms. The summed E-state index contributed by atoms with van der Waals surface area (Å²) in [5, 5.41) is 3.77. The third-order valence-corrected chi connectivity index (χ3v) is 6.36. The first-order chi connectivity index (χ1) is 9.86. The van der Waals surface area contributed by atoms with Gasteiger partial charge in [0.25, 0.3) is 0 Å². The first-order valence-electron chi connectivity index (χ1n) is 8.99. The SMILES string of the molecule is C1CNC(C2CCCCN2C2CCOC3(CCC3)C2)C1. The van der Waals surface area contributed by atoms with Crippen molar-refractivity contribution in [3.05, 3.63) is 0 Å². The number of nitrogens with zero attached hydrogens (tertiary/aromatic N) is 1. The van der Waals surface area contributed by atoms with Crippen LogP contribution >= 0.6 is 0 Å². The van der Waals surface area contributed by atoms with Gasteiger partial charge in [-0.3, -0.25) is 4.90 Å². The molecule has 3 atom stereocenters.